The van der Waals surface area contributed by atoms with Crippen molar-refractivity contribution < 1.29 is 28.6 Å². The van der Waals surface area contributed by atoms with Crippen LogP contribution in [0.5, 0.6) is 0 Å². The quantitative estimate of drug-likeness (QED) is 0.385. The summed E-state index contributed by atoms with van der Waals surface area (Å²) in [7, 11) is 0. The van der Waals surface area contributed by atoms with Crippen LogP contribution in [-0.2, 0) is 27.3 Å². The van der Waals surface area contributed by atoms with Gasteiger partial charge in [-0.3, -0.25) is 14.4 Å². The van der Waals surface area contributed by atoms with E-state index < -0.39 is 35.3 Å². The van der Waals surface area contributed by atoms with E-state index in [4.69, 9.17) is 26.8 Å². The number of nitrogens with one attached hydrogen (secondary N) is 1. The Morgan fingerprint density at radius 1 is 1.10 bits per heavy atom. The number of primary amides is 1. The maximum Gasteiger partial charge on any atom is 0.251 e. The molecule has 0 spiro atoms. The molecule has 2 aromatic carbocycles. The number of halogens is 2. The minimum Gasteiger partial charge on any atom is -0.394 e. The lowest BCUT2D eigenvalue weighted by molar-refractivity contribution is -0.121. The van der Waals surface area contributed by atoms with E-state index in [1.54, 1.807) is 18.3 Å². The summed E-state index contributed by atoms with van der Waals surface area (Å²) in [5, 5.41) is 13.0. The Morgan fingerprint density at radius 3 is 2.61 bits per heavy atom. The first-order valence-corrected chi connectivity index (χ1v) is 13.9. The SMILES string of the molecule is NC(=O)c1ccc(NC(=O)C(C[C@@H]2CCCCO2)n2cc3c(cc2=O)-c2cc(Cl)ccc2CC(CO)OC3)cc1F. The van der Waals surface area contributed by atoms with Gasteiger partial charge in [-0.2, -0.15) is 0 Å². The predicted molar refractivity (Wildman–Crippen MR) is 151 cm³/mol. The second-order valence-corrected chi connectivity index (χ2v) is 10.8. The van der Waals surface area contributed by atoms with E-state index in [-0.39, 0.29) is 37.0 Å². The summed E-state index contributed by atoms with van der Waals surface area (Å²) < 4.78 is 27.6. The van der Waals surface area contributed by atoms with Gasteiger partial charge >= 0.3 is 0 Å². The van der Waals surface area contributed by atoms with Gasteiger partial charge < -0.3 is 30.2 Å². The van der Waals surface area contributed by atoms with Gasteiger partial charge in [0.1, 0.15) is 11.9 Å². The Hall–Kier alpha value is -3.57. The number of pyridine rings is 1. The number of nitrogens with two attached hydrogens (primary N) is 1. The highest BCUT2D eigenvalue weighted by Crippen LogP contribution is 2.34. The van der Waals surface area contributed by atoms with Crippen LogP contribution in [0.15, 0.2) is 53.5 Å². The van der Waals surface area contributed by atoms with Gasteiger partial charge in [0.25, 0.3) is 11.5 Å². The number of fused-ring (bicyclic) bond motifs is 3. The average Bonchev–Trinajstić information content (AvgIpc) is 2.94. The zero-order chi connectivity index (χ0) is 29.1. The Kier molecular flexibility index (Phi) is 8.84. The number of benzene rings is 2. The molecule has 3 atom stereocenters. The Bertz CT molecular complexity index is 1520. The third-order valence-corrected chi connectivity index (χ3v) is 7.79. The molecule has 2 amide bonds. The fourth-order valence-corrected chi connectivity index (χ4v) is 5.59. The molecule has 216 valence electrons. The first-order chi connectivity index (χ1) is 19.7. The molecule has 1 saturated heterocycles. The molecule has 41 heavy (non-hydrogen) atoms. The number of hydrogen-bond acceptors (Lipinski definition) is 6. The van der Waals surface area contributed by atoms with Crippen LogP contribution in [-0.4, -0.2) is 46.9 Å². The fraction of sp³-hybridized carbons (Fsp3) is 0.367. The number of anilines is 1. The van der Waals surface area contributed by atoms with E-state index in [0.717, 1.165) is 36.5 Å². The van der Waals surface area contributed by atoms with Gasteiger partial charge in [0, 0.05) is 48.0 Å². The van der Waals surface area contributed by atoms with Crippen molar-refractivity contribution in [3.05, 3.63) is 86.5 Å². The number of ether oxygens (including phenoxy) is 2. The number of carbonyl (C=O) groups excluding carboxylic acids is 2. The van der Waals surface area contributed by atoms with Crippen LogP contribution in [0.2, 0.25) is 5.02 Å². The zero-order valence-electron chi connectivity index (χ0n) is 22.3. The monoisotopic (exact) mass is 583 g/mol. The second-order valence-electron chi connectivity index (χ2n) is 10.4. The van der Waals surface area contributed by atoms with Crippen molar-refractivity contribution >= 4 is 29.1 Å². The summed E-state index contributed by atoms with van der Waals surface area (Å²) in [5.41, 5.74) is 7.51. The highest BCUT2D eigenvalue weighted by Gasteiger charge is 2.29. The zero-order valence-corrected chi connectivity index (χ0v) is 23.0. The summed E-state index contributed by atoms with van der Waals surface area (Å²) in [6.45, 7) is 0.471. The summed E-state index contributed by atoms with van der Waals surface area (Å²) in [6.07, 6.45) is 4.14. The van der Waals surface area contributed by atoms with Crippen molar-refractivity contribution in [2.24, 2.45) is 5.73 Å². The summed E-state index contributed by atoms with van der Waals surface area (Å²) in [6, 6.07) is 9.44. The molecule has 0 bridgehead atoms. The molecule has 3 heterocycles. The molecule has 5 rings (SSSR count). The van der Waals surface area contributed by atoms with Crippen LogP contribution in [0, 0.1) is 5.82 Å². The van der Waals surface area contributed by atoms with Gasteiger partial charge in [-0.1, -0.05) is 17.7 Å². The van der Waals surface area contributed by atoms with Gasteiger partial charge in [0.05, 0.1) is 31.0 Å². The molecule has 0 radical (unpaired) electrons. The number of aliphatic hydroxyl groups excluding tert-OH is 1. The largest absolute Gasteiger partial charge is 0.394 e. The van der Waals surface area contributed by atoms with Crippen molar-refractivity contribution in [3.63, 3.8) is 0 Å². The van der Waals surface area contributed by atoms with Crippen molar-refractivity contribution in [3.8, 4) is 11.1 Å². The van der Waals surface area contributed by atoms with Crippen LogP contribution in [0.25, 0.3) is 11.1 Å². The summed E-state index contributed by atoms with van der Waals surface area (Å²) >= 11 is 6.31. The molecule has 9 nitrogen and oxygen atoms in total. The lowest BCUT2D eigenvalue weighted by atomic mass is 9.92. The van der Waals surface area contributed by atoms with Crippen LogP contribution >= 0.6 is 11.6 Å². The number of rotatable bonds is 7. The van der Waals surface area contributed by atoms with Crippen molar-refractivity contribution in [1.82, 2.24) is 4.57 Å². The molecule has 2 aliphatic rings. The van der Waals surface area contributed by atoms with E-state index in [1.165, 1.54) is 22.8 Å². The Labute approximate surface area is 241 Å². The fourth-order valence-electron chi connectivity index (χ4n) is 5.42. The van der Waals surface area contributed by atoms with Gasteiger partial charge in [0.15, 0.2) is 0 Å². The molecule has 11 heteroatoms. The standard InChI is InChI=1S/C30H31ClFN3O6/c31-19-5-4-17-9-22(15-36)41-16-18-14-35(28(37)13-25(18)24(17)10-19)27(12-21-3-1-2-8-40-21)30(39)34-20-6-7-23(29(33)38)26(32)11-20/h4-7,10-11,13-14,21-22,27,36H,1-3,8-9,12,15-16H2,(H2,33,38)(H,34,39)/t21-,22?,27?/m0/s1. The Balaban J connectivity index is 1.54. The highest BCUT2D eigenvalue weighted by atomic mass is 35.5. The minimum absolute atomic E-state index is 0.0981. The summed E-state index contributed by atoms with van der Waals surface area (Å²) in [5.74, 6) is -2.34. The van der Waals surface area contributed by atoms with Crippen molar-refractivity contribution in [2.45, 2.75) is 57.0 Å². The van der Waals surface area contributed by atoms with Crippen LogP contribution in [0.1, 0.15) is 53.2 Å². The van der Waals surface area contributed by atoms with Crippen molar-refractivity contribution in [1.29, 1.82) is 0 Å². The molecule has 1 fully saturated rings. The predicted octanol–water partition coefficient (Wildman–Crippen LogP) is 3.98. The normalized spacial score (nSPS) is 19.3. The number of carbonyl (C=O) groups is 2. The summed E-state index contributed by atoms with van der Waals surface area (Å²) in [4.78, 5) is 38.7. The lowest BCUT2D eigenvalue weighted by Gasteiger charge is -2.29. The third kappa shape index (κ3) is 6.51. The molecule has 2 aliphatic heterocycles. The molecular weight excluding hydrogens is 553 g/mol. The Morgan fingerprint density at radius 2 is 1.90 bits per heavy atom. The first-order valence-electron chi connectivity index (χ1n) is 13.5. The molecule has 2 unspecified atom stereocenters. The van der Waals surface area contributed by atoms with Gasteiger partial charge in [-0.05, 0) is 66.3 Å². The van der Waals surface area contributed by atoms with Gasteiger partial charge in [-0.25, -0.2) is 4.39 Å². The minimum atomic E-state index is -0.993. The number of hydrogen-bond donors (Lipinski definition) is 3. The number of aliphatic hydroxyl groups is 1. The van der Waals surface area contributed by atoms with Gasteiger partial charge in [-0.15, -0.1) is 0 Å². The third-order valence-electron chi connectivity index (χ3n) is 7.55. The van der Waals surface area contributed by atoms with Crippen LogP contribution in [0.4, 0.5) is 10.1 Å². The van der Waals surface area contributed by atoms with Crippen LogP contribution < -0.4 is 16.6 Å². The molecule has 1 aromatic heterocycles. The van der Waals surface area contributed by atoms with Crippen molar-refractivity contribution in [2.75, 3.05) is 18.5 Å². The first kappa shape index (κ1) is 28.9. The molecule has 0 saturated carbocycles. The van der Waals surface area contributed by atoms with Gasteiger partial charge in [0.2, 0.25) is 5.91 Å². The maximum absolute atomic E-state index is 14.4. The maximum atomic E-state index is 14.4. The lowest BCUT2D eigenvalue weighted by Crippen LogP contribution is -2.37. The molecule has 3 aromatic rings. The topological polar surface area (TPSA) is 133 Å². The van der Waals surface area contributed by atoms with Crippen LogP contribution in [0.3, 0.4) is 0 Å². The number of amides is 2. The van der Waals surface area contributed by atoms with E-state index in [0.29, 0.717) is 29.2 Å². The number of aromatic nitrogens is 1. The number of nitrogens with zero attached hydrogens (tertiary/aromatic N) is 1. The highest BCUT2D eigenvalue weighted by molar-refractivity contribution is 6.30. The molecule has 4 N–H and O–H groups in total. The average molecular weight is 584 g/mol. The van der Waals surface area contributed by atoms with E-state index in [2.05, 4.69) is 5.32 Å². The van der Waals surface area contributed by atoms with E-state index >= 15 is 0 Å². The second kappa shape index (κ2) is 12.5. The van der Waals surface area contributed by atoms with E-state index in [9.17, 15) is 23.9 Å². The molecular formula is C30H31ClFN3O6. The van der Waals surface area contributed by atoms with E-state index in [1.807, 2.05) is 6.07 Å². The smallest absolute Gasteiger partial charge is 0.251 e. The molecule has 0 aliphatic carbocycles.